The van der Waals surface area contributed by atoms with Crippen LogP contribution in [0.5, 0.6) is 5.75 Å². The number of imide groups is 1. The quantitative estimate of drug-likeness (QED) is 0.568. The van der Waals surface area contributed by atoms with Crippen LogP contribution in [0.15, 0.2) is 48.5 Å². The van der Waals surface area contributed by atoms with Gasteiger partial charge in [0.05, 0.1) is 24.2 Å². The molecule has 2 aliphatic rings. The molecule has 0 saturated carbocycles. The van der Waals surface area contributed by atoms with E-state index in [4.69, 9.17) is 9.47 Å². The molecule has 3 amide bonds. The monoisotopic (exact) mass is 394 g/mol. The number of carbonyl (C=O) groups is 4. The molecule has 148 valence electrons. The Hall–Kier alpha value is -3.68. The van der Waals surface area contributed by atoms with Gasteiger partial charge < -0.3 is 14.4 Å². The van der Waals surface area contributed by atoms with E-state index in [-0.39, 0.29) is 30.0 Å². The van der Waals surface area contributed by atoms with Gasteiger partial charge in [-0.05, 0) is 24.3 Å². The number of esters is 1. The van der Waals surface area contributed by atoms with Gasteiger partial charge in [-0.2, -0.15) is 0 Å². The Morgan fingerprint density at radius 1 is 1.03 bits per heavy atom. The molecular weight excluding hydrogens is 376 g/mol. The van der Waals surface area contributed by atoms with Crippen molar-refractivity contribution in [1.82, 2.24) is 4.90 Å². The normalized spacial score (nSPS) is 18.2. The third kappa shape index (κ3) is 3.33. The maximum absolute atomic E-state index is 12.5. The number of methoxy groups -OCH3 is 1. The lowest BCUT2D eigenvalue weighted by molar-refractivity contribution is -0.151. The molecule has 2 aliphatic heterocycles. The Morgan fingerprint density at radius 2 is 1.72 bits per heavy atom. The molecule has 0 N–H and O–H groups in total. The molecule has 2 heterocycles. The van der Waals surface area contributed by atoms with Crippen molar-refractivity contribution in [2.45, 2.75) is 6.42 Å². The molecule has 0 aromatic heterocycles. The summed E-state index contributed by atoms with van der Waals surface area (Å²) >= 11 is 0. The second-order valence-electron chi connectivity index (χ2n) is 6.78. The fourth-order valence-electron chi connectivity index (χ4n) is 3.50. The van der Waals surface area contributed by atoms with Crippen LogP contribution in [-0.4, -0.2) is 49.0 Å². The van der Waals surface area contributed by atoms with Crippen molar-refractivity contribution < 1.29 is 28.7 Å². The largest absolute Gasteiger partial charge is 0.497 e. The number of benzene rings is 2. The molecule has 0 unspecified atom stereocenters. The molecule has 29 heavy (non-hydrogen) atoms. The van der Waals surface area contributed by atoms with E-state index in [9.17, 15) is 19.2 Å². The number of fused-ring (bicyclic) bond motifs is 1. The summed E-state index contributed by atoms with van der Waals surface area (Å²) in [5.41, 5.74) is 1.20. The van der Waals surface area contributed by atoms with E-state index >= 15 is 0 Å². The van der Waals surface area contributed by atoms with Crippen molar-refractivity contribution in [3.63, 3.8) is 0 Å². The summed E-state index contributed by atoms with van der Waals surface area (Å²) in [6.07, 6.45) is -0.00182. The second-order valence-corrected chi connectivity index (χ2v) is 6.78. The van der Waals surface area contributed by atoms with Crippen LogP contribution >= 0.6 is 0 Å². The Balaban J connectivity index is 1.39. The van der Waals surface area contributed by atoms with E-state index in [1.54, 1.807) is 48.5 Å². The van der Waals surface area contributed by atoms with E-state index in [0.29, 0.717) is 11.4 Å². The average Bonchev–Trinajstić information content (AvgIpc) is 3.25. The molecule has 1 atom stereocenters. The van der Waals surface area contributed by atoms with Crippen LogP contribution in [0.25, 0.3) is 0 Å². The molecule has 0 bridgehead atoms. The number of rotatable bonds is 5. The summed E-state index contributed by atoms with van der Waals surface area (Å²) < 4.78 is 10.4. The highest BCUT2D eigenvalue weighted by atomic mass is 16.5. The molecule has 1 fully saturated rings. The maximum atomic E-state index is 12.5. The zero-order valence-electron chi connectivity index (χ0n) is 15.7. The SMILES string of the molecule is COc1cccc(N2C[C@H](C(=O)OCN3C(=O)c4ccccc4C3=O)CC2=O)c1. The summed E-state index contributed by atoms with van der Waals surface area (Å²) in [4.78, 5) is 51.9. The lowest BCUT2D eigenvalue weighted by Gasteiger charge is -2.18. The highest BCUT2D eigenvalue weighted by Crippen LogP contribution is 2.29. The molecule has 0 spiro atoms. The van der Waals surface area contributed by atoms with Gasteiger partial charge in [0.25, 0.3) is 11.8 Å². The Labute approximate surface area is 166 Å². The van der Waals surface area contributed by atoms with Crippen LogP contribution in [-0.2, 0) is 14.3 Å². The van der Waals surface area contributed by atoms with Crippen molar-refractivity contribution in [3.05, 3.63) is 59.7 Å². The molecule has 2 aromatic carbocycles. The van der Waals surface area contributed by atoms with Gasteiger partial charge in [-0.15, -0.1) is 0 Å². The summed E-state index contributed by atoms with van der Waals surface area (Å²) in [5, 5.41) is 0. The average molecular weight is 394 g/mol. The number of amides is 3. The fraction of sp³-hybridized carbons (Fsp3) is 0.238. The third-order valence-electron chi connectivity index (χ3n) is 5.04. The first kappa shape index (κ1) is 18.7. The van der Waals surface area contributed by atoms with Crippen LogP contribution < -0.4 is 9.64 Å². The minimum Gasteiger partial charge on any atom is -0.497 e. The smallest absolute Gasteiger partial charge is 0.313 e. The van der Waals surface area contributed by atoms with Crippen LogP contribution in [0.1, 0.15) is 27.1 Å². The minimum atomic E-state index is -0.677. The zero-order chi connectivity index (χ0) is 20.5. The van der Waals surface area contributed by atoms with Crippen molar-refractivity contribution in [2.75, 3.05) is 25.3 Å². The molecule has 1 saturated heterocycles. The molecule has 4 rings (SSSR count). The third-order valence-corrected chi connectivity index (χ3v) is 5.04. The van der Waals surface area contributed by atoms with Gasteiger partial charge in [-0.1, -0.05) is 18.2 Å². The van der Waals surface area contributed by atoms with Crippen molar-refractivity contribution in [1.29, 1.82) is 0 Å². The number of carbonyl (C=O) groups excluding carboxylic acids is 4. The molecule has 0 radical (unpaired) electrons. The van der Waals surface area contributed by atoms with Gasteiger partial charge in [0, 0.05) is 24.7 Å². The number of hydrogen-bond donors (Lipinski definition) is 0. The van der Waals surface area contributed by atoms with E-state index in [2.05, 4.69) is 0 Å². The van der Waals surface area contributed by atoms with E-state index in [0.717, 1.165) is 4.90 Å². The molecule has 8 nitrogen and oxygen atoms in total. The van der Waals surface area contributed by atoms with Gasteiger partial charge in [0.1, 0.15) is 5.75 Å². The number of hydrogen-bond acceptors (Lipinski definition) is 6. The minimum absolute atomic E-state index is 0.00182. The Bertz CT molecular complexity index is 983. The highest BCUT2D eigenvalue weighted by Gasteiger charge is 2.39. The number of anilines is 1. The first-order chi connectivity index (χ1) is 14.0. The van der Waals surface area contributed by atoms with Gasteiger partial charge in [-0.25, -0.2) is 4.90 Å². The van der Waals surface area contributed by atoms with Gasteiger partial charge in [-0.3, -0.25) is 19.2 Å². The summed E-state index contributed by atoms with van der Waals surface area (Å²) in [5.74, 6) is -1.91. The van der Waals surface area contributed by atoms with Crippen molar-refractivity contribution >= 4 is 29.4 Å². The van der Waals surface area contributed by atoms with Gasteiger partial charge in [0.15, 0.2) is 6.73 Å². The van der Waals surface area contributed by atoms with Crippen LogP contribution in [0.4, 0.5) is 5.69 Å². The molecule has 8 heteroatoms. The first-order valence-corrected chi connectivity index (χ1v) is 9.06. The standard InChI is InChI=1S/C21H18N2O6/c1-28-15-6-4-5-14(10-15)22-11-13(9-18(22)24)21(27)29-12-23-19(25)16-7-2-3-8-17(16)20(23)26/h2-8,10,13H,9,11-12H2,1H3/t13-/m1/s1. The summed E-state index contributed by atoms with van der Waals surface area (Å²) in [7, 11) is 1.53. The van der Waals surface area contributed by atoms with Gasteiger partial charge >= 0.3 is 5.97 Å². The summed E-state index contributed by atoms with van der Waals surface area (Å²) in [6.45, 7) is -0.317. The topological polar surface area (TPSA) is 93.2 Å². The summed E-state index contributed by atoms with van der Waals surface area (Å²) in [6, 6.07) is 13.4. The number of nitrogens with zero attached hydrogens (tertiary/aromatic N) is 2. The van der Waals surface area contributed by atoms with E-state index in [1.165, 1.54) is 12.0 Å². The Kier molecular flexibility index (Phi) is 4.75. The predicted octanol–water partition coefficient (Wildman–Crippen LogP) is 1.85. The molecule has 0 aliphatic carbocycles. The van der Waals surface area contributed by atoms with Crippen LogP contribution in [0.3, 0.4) is 0 Å². The van der Waals surface area contributed by atoms with Crippen molar-refractivity contribution in [2.24, 2.45) is 5.92 Å². The van der Waals surface area contributed by atoms with Crippen molar-refractivity contribution in [3.8, 4) is 5.75 Å². The number of ether oxygens (including phenoxy) is 2. The van der Waals surface area contributed by atoms with E-state index in [1.807, 2.05) is 0 Å². The maximum Gasteiger partial charge on any atom is 0.313 e. The fourth-order valence-corrected chi connectivity index (χ4v) is 3.50. The predicted molar refractivity (Wildman–Crippen MR) is 101 cm³/mol. The van der Waals surface area contributed by atoms with Crippen LogP contribution in [0.2, 0.25) is 0 Å². The molecule has 2 aromatic rings. The highest BCUT2D eigenvalue weighted by molar-refractivity contribution is 6.21. The second kappa shape index (κ2) is 7.38. The molecular formula is C21H18N2O6. The first-order valence-electron chi connectivity index (χ1n) is 9.06. The van der Waals surface area contributed by atoms with Crippen LogP contribution in [0, 0.1) is 5.92 Å². The zero-order valence-corrected chi connectivity index (χ0v) is 15.7. The lowest BCUT2D eigenvalue weighted by Crippen LogP contribution is -2.35. The van der Waals surface area contributed by atoms with E-state index < -0.39 is 30.4 Å². The Morgan fingerprint density at radius 3 is 2.38 bits per heavy atom. The van der Waals surface area contributed by atoms with Gasteiger partial charge in [0.2, 0.25) is 5.91 Å². The lowest BCUT2D eigenvalue weighted by atomic mass is 10.1.